The Balaban J connectivity index is 2.40. The van der Waals surface area contributed by atoms with E-state index in [-0.39, 0.29) is 6.04 Å². The van der Waals surface area contributed by atoms with Crippen molar-refractivity contribution in [1.82, 2.24) is 14.5 Å². The molecule has 0 aliphatic carbocycles. The van der Waals surface area contributed by atoms with Crippen LogP contribution in [0, 0.1) is 0 Å². The number of carboxylic acids is 1. The van der Waals surface area contributed by atoms with Crippen molar-refractivity contribution < 1.29 is 9.90 Å². The Labute approximate surface area is 109 Å². The molecule has 2 rings (SSSR count). The summed E-state index contributed by atoms with van der Waals surface area (Å²) in [6.07, 6.45) is 2.67. The predicted molar refractivity (Wildman–Crippen MR) is 68.6 cm³/mol. The third kappa shape index (κ3) is 2.60. The van der Waals surface area contributed by atoms with E-state index < -0.39 is 22.8 Å². The van der Waals surface area contributed by atoms with Gasteiger partial charge in [-0.1, -0.05) is 0 Å². The van der Waals surface area contributed by atoms with Gasteiger partial charge >= 0.3 is 11.7 Å². The molecule has 7 heteroatoms. The molecule has 2 unspecified atom stereocenters. The summed E-state index contributed by atoms with van der Waals surface area (Å²) in [6.45, 7) is 2.89. The molecule has 1 fully saturated rings. The largest absolute Gasteiger partial charge is 0.477 e. The number of hydrogen-bond donors (Lipinski definition) is 2. The van der Waals surface area contributed by atoms with E-state index in [0.29, 0.717) is 6.04 Å². The third-order valence-electron chi connectivity index (χ3n) is 3.77. The highest BCUT2D eigenvalue weighted by molar-refractivity contribution is 5.86. The van der Waals surface area contributed by atoms with Gasteiger partial charge in [0.2, 0.25) is 0 Å². The molecule has 2 atom stereocenters. The average molecular weight is 267 g/mol. The molecule has 2 N–H and O–H groups in total. The Morgan fingerprint density at radius 2 is 2.16 bits per heavy atom. The van der Waals surface area contributed by atoms with Gasteiger partial charge in [-0.3, -0.25) is 14.3 Å². The molecule has 0 spiro atoms. The van der Waals surface area contributed by atoms with Gasteiger partial charge in [0.15, 0.2) is 0 Å². The van der Waals surface area contributed by atoms with Gasteiger partial charge in [0, 0.05) is 24.8 Å². The maximum absolute atomic E-state index is 11.8. The number of aromatic nitrogens is 2. The summed E-state index contributed by atoms with van der Waals surface area (Å²) in [7, 11) is 2.01. The molecular formula is C12H17N3O4. The number of hydrogen-bond acceptors (Lipinski definition) is 4. The van der Waals surface area contributed by atoms with Crippen LogP contribution in [0.1, 0.15) is 36.2 Å². The van der Waals surface area contributed by atoms with Crippen LogP contribution in [0.5, 0.6) is 0 Å². The number of aromatic carboxylic acids is 1. The van der Waals surface area contributed by atoms with Gasteiger partial charge in [-0.2, -0.15) is 0 Å². The van der Waals surface area contributed by atoms with Crippen molar-refractivity contribution in [2.45, 2.75) is 31.8 Å². The van der Waals surface area contributed by atoms with Crippen molar-refractivity contribution >= 4 is 5.97 Å². The number of carbonyl (C=O) groups is 1. The number of piperidine rings is 1. The zero-order valence-corrected chi connectivity index (χ0v) is 10.9. The summed E-state index contributed by atoms with van der Waals surface area (Å²) < 4.78 is 1.34. The lowest BCUT2D eigenvalue weighted by atomic mass is 9.98. The second kappa shape index (κ2) is 5.00. The highest BCUT2D eigenvalue weighted by Gasteiger charge is 2.25. The number of likely N-dealkylation sites (tertiary alicyclic amines) is 1. The lowest BCUT2D eigenvalue weighted by molar-refractivity contribution is 0.0692. The van der Waals surface area contributed by atoms with E-state index in [1.165, 1.54) is 4.57 Å². The zero-order valence-electron chi connectivity index (χ0n) is 10.9. The fourth-order valence-corrected chi connectivity index (χ4v) is 2.43. The van der Waals surface area contributed by atoms with Crippen molar-refractivity contribution in [3.05, 3.63) is 32.6 Å². The van der Waals surface area contributed by atoms with Crippen molar-refractivity contribution in [3.8, 4) is 0 Å². The third-order valence-corrected chi connectivity index (χ3v) is 3.77. The van der Waals surface area contributed by atoms with Crippen LogP contribution in [0.25, 0.3) is 0 Å². The van der Waals surface area contributed by atoms with Crippen LogP contribution in [0.15, 0.2) is 15.8 Å². The second-order valence-electron chi connectivity index (χ2n) is 5.02. The molecule has 1 saturated heterocycles. The smallest absolute Gasteiger partial charge is 0.342 e. The highest BCUT2D eigenvalue weighted by atomic mass is 16.4. The first-order chi connectivity index (χ1) is 8.90. The fourth-order valence-electron chi connectivity index (χ4n) is 2.43. The molecule has 0 radical (unpaired) electrons. The summed E-state index contributed by atoms with van der Waals surface area (Å²) in [6, 6.07) is 0.236. The molecule has 1 aromatic rings. The topological polar surface area (TPSA) is 95.4 Å². The quantitative estimate of drug-likeness (QED) is 0.779. The first kappa shape index (κ1) is 13.5. The first-order valence-corrected chi connectivity index (χ1v) is 6.19. The zero-order chi connectivity index (χ0) is 14.2. The van der Waals surface area contributed by atoms with Crippen LogP contribution >= 0.6 is 0 Å². The van der Waals surface area contributed by atoms with Crippen molar-refractivity contribution in [1.29, 1.82) is 0 Å². The molecule has 0 saturated carbocycles. The lowest BCUT2D eigenvalue weighted by Crippen LogP contribution is -2.42. The Morgan fingerprint density at radius 3 is 2.74 bits per heavy atom. The van der Waals surface area contributed by atoms with Gasteiger partial charge in [-0.25, -0.2) is 9.59 Å². The van der Waals surface area contributed by atoms with E-state index in [1.807, 2.05) is 7.05 Å². The SMILES string of the molecule is CC1CC(n2cc(C(=O)O)c(=O)[nH]c2=O)CCN1C. The monoisotopic (exact) mass is 267 g/mol. The van der Waals surface area contributed by atoms with Crippen molar-refractivity contribution in [2.75, 3.05) is 13.6 Å². The van der Waals surface area contributed by atoms with Crippen LogP contribution < -0.4 is 11.2 Å². The van der Waals surface area contributed by atoms with Crippen LogP contribution in [-0.4, -0.2) is 45.2 Å². The number of nitrogens with one attached hydrogen (secondary N) is 1. The summed E-state index contributed by atoms with van der Waals surface area (Å²) in [5.74, 6) is -1.32. The van der Waals surface area contributed by atoms with Gasteiger partial charge in [-0.15, -0.1) is 0 Å². The molecule has 0 bridgehead atoms. The predicted octanol–water partition coefficient (Wildman–Crippen LogP) is -0.110. The maximum Gasteiger partial charge on any atom is 0.342 e. The number of rotatable bonds is 2. The van der Waals surface area contributed by atoms with Crippen LogP contribution in [0.4, 0.5) is 0 Å². The average Bonchev–Trinajstić information content (AvgIpc) is 2.32. The molecule has 1 aromatic heterocycles. The molecule has 0 aromatic carbocycles. The van der Waals surface area contributed by atoms with Gasteiger partial charge in [0.25, 0.3) is 5.56 Å². The van der Waals surface area contributed by atoms with Crippen LogP contribution in [0.3, 0.4) is 0 Å². The molecule has 19 heavy (non-hydrogen) atoms. The Kier molecular flexibility index (Phi) is 3.57. The first-order valence-electron chi connectivity index (χ1n) is 6.19. The Hall–Kier alpha value is -1.89. The molecule has 1 aliphatic heterocycles. The number of aromatic amines is 1. The van der Waals surface area contributed by atoms with Gasteiger partial charge in [-0.05, 0) is 26.8 Å². The van der Waals surface area contributed by atoms with Crippen LogP contribution in [-0.2, 0) is 0 Å². The lowest BCUT2D eigenvalue weighted by Gasteiger charge is -2.35. The summed E-state index contributed by atoms with van der Waals surface area (Å²) >= 11 is 0. The number of carboxylic acid groups (broad SMARTS) is 1. The minimum Gasteiger partial charge on any atom is -0.477 e. The molecule has 2 heterocycles. The Bertz CT molecular complexity index is 604. The van der Waals surface area contributed by atoms with E-state index in [9.17, 15) is 14.4 Å². The van der Waals surface area contributed by atoms with Crippen molar-refractivity contribution in [2.24, 2.45) is 0 Å². The van der Waals surface area contributed by atoms with Gasteiger partial charge in [0.05, 0.1) is 0 Å². The highest BCUT2D eigenvalue weighted by Crippen LogP contribution is 2.24. The minimum atomic E-state index is -1.32. The summed E-state index contributed by atoms with van der Waals surface area (Å²) in [4.78, 5) is 38.4. The van der Waals surface area contributed by atoms with E-state index >= 15 is 0 Å². The van der Waals surface area contributed by atoms with Gasteiger partial charge < -0.3 is 10.0 Å². The normalized spacial score (nSPS) is 24.3. The van der Waals surface area contributed by atoms with E-state index in [2.05, 4.69) is 16.8 Å². The maximum atomic E-state index is 11.8. The molecule has 7 nitrogen and oxygen atoms in total. The Morgan fingerprint density at radius 1 is 1.47 bits per heavy atom. The standard InChI is InChI=1S/C12H17N3O4/c1-7-5-8(3-4-14(7)2)15-6-9(11(17)18)10(16)13-12(15)19/h6-8H,3-5H2,1-2H3,(H,17,18)(H,13,16,19). The van der Waals surface area contributed by atoms with Gasteiger partial charge in [0.1, 0.15) is 5.56 Å². The molecule has 1 aliphatic rings. The fraction of sp³-hybridized carbons (Fsp3) is 0.583. The number of H-pyrrole nitrogens is 1. The molecule has 104 valence electrons. The molecule has 0 amide bonds. The van der Waals surface area contributed by atoms with Crippen LogP contribution in [0.2, 0.25) is 0 Å². The minimum absolute atomic E-state index is 0.0753. The summed E-state index contributed by atoms with van der Waals surface area (Å²) in [5.41, 5.74) is -1.79. The van der Waals surface area contributed by atoms with Crippen molar-refractivity contribution in [3.63, 3.8) is 0 Å². The second-order valence-corrected chi connectivity index (χ2v) is 5.02. The van der Waals surface area contributed by atoms with E-state index in [1.54, 1.807) is 0 Å². The summed E-state index contributed by atoms with van der Waals surface area (Å²) in [5, 5.41) is 8.93. The molecular weight excluding hydrogens is 250 g/mol. The van der Waals surface area contributed by atoms with E-state index in [0.717, 1.165) is 25.6 Å². The van der Waals surface area contributed by atoms with E-state index in [4.69, 9.17) is 5.11 Å². The number of nitrogens with zero attached hydrogens (tertiary/aromatic N) is 2.